The van der Waals surface area contributed by atoms with Crippen LogP contribution >= 0.6 is 0 Å². The van der Waals surface area contributed by atoms with Crippen LogP contribution in [-0.4, -0.2) is 62.0 Å². The van der Waals surface area contributed by atoms with E-state index in [1.165, 1.54) is 19.3 Å². The van der Waals surface area contributed by atoms with Crippen LogP contribution in [0.5, 0.6) is 5.75 Å². The maximum atomic E-state index is 13.0. The number of carbonyl (C=O) groups is 2. The Morgan fingerprint density at radius 2 is 1.97 bits per heavy atom. The fourth-order valence-electron chi connectivity index (χ4n) is 5.20. The van der Waals surface area contributed by atoms with Crippen molar-refractivity contribution in [3.05, 3.63) is 29.3 Å². The number of likely N-dealkylation sites (tertiary alicyclic amines) is 1. The first-order chi connectivity index (χ1) is 14.0. The lowest BCUT2D eigenvalue weighted by Crippen LogP contribution is -2.43. The number of amides is 1. The lowest BCUT2D eigenvalue weighted by atomic mass is 9.74. The van der Waals surface area contributed by atoms with Gasteiger partial charge in [0.1, 0.15) is 11.4 Å². The molecule has 0 bridgehead atoms. The number of nitrogens with zero attached hydrogens (tertiary/aromatic N) is 2. The highest BCUT2D eigenvalue weighted by atomic mass is 16.6. The standard InChI is InChI=1S/C23H32N2O4/c1-24(15-16-25-13-4-3-5-14-25)21(26)17-9-11-23(12-10-17)20-18(22(27)29-23)7-6-8-19(20)28-2/h6-8,17H,3-5,9-16H2,1-2H3/t17-,23+. The van der Waals surface area contributed by atoms with E-state index in [1.807, 2.05) is 24.1 Å². The third kappa shape index (κ3) is 3.87. The van der Waals surface area contributed by atoms with Gasteiger partial charge >= 0.3 is 5.97 Å². The largest absolute Gasteiger partial charge is 0.496 e. The molecule has 0 atom stereocenters. The summed E-state index contributed by atoms with van der Waals surface area (Å²) >= 11 is 0. The summed E-state index contributed by atoms with van der Waals surface area (Å²) in [5, 5.41) is 0. The van der Waals surface area contributed by atoms with Crippen LogP contribution < -0.4 is 4.74 Å². The van der Waals surface area contributed by atoms with Crippen molar-refractivity contribution in [1.82, 2.24) is 9.80 Å². The molecule has 0 unspecified atom stereocenters. The third-order valence-electron chi connectivity index (χ3n) is 6.93. The molecular weight excluding hydrogens is 368 g/mol. The highest BCUT2D eigenvalue weighted by Gasteiger charge is 2.50. The van der Waals surface area contributed by atoms with E-state index in [1.54, 1.807) is 13.2 Å². The molecular formula is C23H32N2O4. The first-order valence-corrected chi connectivity index (χ1v) is 10.9. The minimum absolute atomic E-state index is 0.00411. The minimum atomic E-state index is -0.637. The van der Waals surface area contributed by atoms with E-state index in [2.05, 4.69) is 4.90 Å². The Labute approximate surface area is 173 Å². The van der Waals surface area contributed by atoms with Gasteiger partial charge in [-0.3, -0.25) is 4.79 Å². The molecule has 6 heteroatoms. The van der Waals surface area contributed by atoms with Crippen LogP contribution in [-0.2, 0) is 15.1 Å². The molecule has 0 radical (unpaired) electrons. The monoisotopic (exact) mass is 400 g/mol. The third-order valence-corrected chi connectivity index (χ3v) is 6.93. The van der Waals surface area contributed by atoms with E-state index in [-0.39, 0.29) is 17.8 Å². The molecule has 1 amide bonds. The summed E-state index contributed by atoms with van der Waals surface area (Å²) in [5.41, 5.74) is 0.840. The molecule has 3 aliphatic rings. The maximum absolute atomic E-state index is 13.0. The zero-order valence-electron chi connectivity index (χ0n) is 17.6. The second kappa shape index (κ2) is 8.34. The molecule has 6 nitrogen and oxygen atoms in total. The summed E-state index contributed by atoms with van der Waals surface area (Å²) < 4.78 is 11.4. The van der Waals surface area contributed by atoms with Gasteiger partial charge in [0.05, 0.1) is 18.2 Å². The zero-order chi connectivity index (χ0) is 20.4. The van der Waals surface area contributed by atoms with Crippen LogP contribution in [0.3, 0.4) is 0 Å². The maximum Gasteiger partial charge on any atom is 0.339 e. The number of likely N-dealkylation sites (N-methyl/N-ethyl adjacent to an activating group) is 1. The van der Waals surface area contributed by atoms with Gasteiger partial charge in [-0.1, -0.05) is 12.5 Å². The van der Waals surface area contributed by atoms with Crippen molar-refractivity contribution in [2.45, 2.75) is 50.5 Å². The SMILES string of the molecule is COc1cccc2c1[C@]1(CC[C@H](C(=O)N(C)CCN3CCCCC3)CC1)OC2=O. The molecule has 0 N–H and O–H groups in total. The van der Waals surface area contributed by atoms with Gasteiger partial charge < -0.3 is 19.3 Å². The van der Waals surface area contributed by atoms with E-state index >= 15 is 0 Å². The van der Waals surface area contributed by atoms with Crippen LogP contribution in [0, 0.1) is 5.92 Å². The van der Waals surface area contributed by atoms with Crippen molar-refractivity contribution >= 4 is 11.9 Å². The normalized spacial score (nSPS) is 26.8. The summed E-state index contributed by atoms with van der Waals surface area (Å²) in [4.78, 5) is 29.7. The fourth-order valence-corrected chi connectivity index (χ4v) is 5.20. The van der Waals surface area contributed by atoms with E-state index < -0.39 is 5.60 Å². The molecule has 1 aromatic rings. The number of rotatable bonds is 5. The Hall–Kier alpha value is -2.08. The number of hydrogen-bond donors (Lipinski definition) is 0. The molecule has 1 aliphatic carbocycles. The quantitative estimate of drug-likeness (QED) is 0.711. The number of piperidine rings is 1. The average Bonchev–Trinajstić information content (AvgIpc) is 3.04. The van der Waals surface area contributed by atoms with Crippen LogP contribution in [0.15, 0.2) is 18.2 Å². The van der Waals surface area contributed by atoms with Gasteiger partial charge in [0, 0.05) is 26.1 Å². The van der Waals surface area contributed by atoms with Crippen LogP contribution in [0.4, 0.5) is 0 Å². The Balaban J connectivity index is 1.37. The van der Waals surface area contributed by atoms with Crippen LogP contribution in [0.1, 0.15) is 60.9 Å². The van der Waals surface area contributed by atoms with Crippen molar-refractivity contribution in [2.75, 3.05) is 40.3 Å². The van der Waals surface area contributed by atoms with Gasteiger partial charge in [-0.25, -0.2) is 4.79 Å². The van der Waals surface area contributed by atoms with Crippen LogP contribution in [0.25, 0.3) is 0 Å². The zero-order valence-corrected chi connectivity index (χ0v) is 17.6. The van der Waals surface area contributed by atoms with Gasteiger partial charge in [-0.05, 0) is 63.7 Å². The molecule has 1 spiro atoms. The smallest absolute Gasteiger partial charge is 0.339 e. The van der Waals surface area contributed by atoms with Gasteiger partial charge in [0.2, 0.25) is 5.91 Å². The van der Waals surface area contributed by atoms with Crippen molar-refractivity contribution < 1.29 is 19.1 Å². The second-order valence-corrected chi connectivity index (χ2v) is 8.70. The van der Waals surface area contributed by atoms with Crippen molar-refractivity contribution in [3.63, 3.8) is 0 Å². The molecule has 2 fully saturated rings. The Morgan fingerprint density at radius 1 is 1.24 bits per heavy atom. The molecule has 158 valence electrons. The average molecular weight is 401 g/mol. The lowest BCUT2D eigenvalue weighted by molar-refractivity contribution is -0.137. The van der Waals surface area contributed by atoms with Gasteiger partial charge in [0.25, 0.3) is 0 Å². The number of methoxy groups -OCH3 is 1. The van der Waals surface area contributed by atoms with Gasteiger partial charge in [-0.2, -0.15) is 0 Å². The minimum Gasteiger partial charge on any atom is -0.496 e. The molecule has 2 aliphatic heterocycles. The number of esters is 1. The van der Waals surface area contributed by atoms with Crippen LogP contribution in [0.2, 0.25) is 0 Å². The van der Waals surface area contributed by atoms with E-state index in [9.17, 15) is 9.59 Å². The molecule has 2 heterocycles. The summed E-state index contributed by atoms with van der Waals surface area (Å²) in [6, 6.07) is 5.51. The molecule has 4 rings (SSSR count). The van der Waals surface area contributed by atoms with Gasteiger partial charge in [-0.15, -0.1) is 0 Å². The summed E-state index contributed by atoms with van der Waals surface area (Å²) in [6.45, 7) is 4.05. The summed E-state index contributed by atoms with van der Waals surface area (Å²) in [5.74, 6) is 0.657. The number of carbonyl (C=O) groups excluding carboxylic acids is 2. The molecule has 1 saturated heterocycles. The predicted octanol–water partition coefficient (Wildman–Crippen LogP) is 3.20. The van der Waals surface area contributed by atoms with E-state index in [0.29, 0.717) is 24.2 Å². The molecule has 1 aromatic carbocycles. The molecule has 0 aromatic heterocycles. The van der Waals surface area contributed by atoms with Crippen molar-refractivity contribution in [1.29, 1.82) is 0 Å². The topological polar surface area (TPSA) is 59.1 Å². The Morgan fingerprint density at radius 3 is 2.66 bits per heavy atom. The predicted molar refractivity (Wildman–Crippen MR) is 110 cm³/mol. The molecule has 29 heavy (non-hydrogen) atoms. The number of hydrogen-bond acceptors (Lipinski definition) is 5. The molecule has 1 saturated carbocycles. The Bertz CT molecular complexity index is 764. The highest BCUT2D eigenvalue weighted by Crippen LogP contribution is 2.51. The van der Waals surface area contributed by atoms with Gasteiger partial charge in [0.15, 0.2) is 0 Å². The highest BCUT2D eigenvalue weighted by molar-refractivity contribution is 5.96. The number of benzene rings is 1. The fraction of sp³-hybridized carbons (Fsp3) is 0.652. The first kappa shape index (κ1) is 20.2. The Kier molecular flexibility index (Phi) is 5.81. The summed E-state index contributed by atoms with van der Waals surface area (Å²) in [7, 11) is 3.54. The lowest BCUT2D eigenvalue weighted by Gasteiger charge is -2.37. The number of fused-ring (bicyclic) bond motifs is 2. The number of ether oxygens (including phenoxy) is 2. The second-order valence-electron chi connectivity index (χ2n) is 8.70. The van der Waals surface area contributed by atoms with Crippen molar-refractivity contribution in [3.8, 4) is 5.75 Å². The van der Waals surface area contributed by atoms with E-state index in [0.717, 1.165) is 44.6 Å². The van der Waals surface area contributed by atoms with E-state index in [4.69, 9.17) is 9.47 Å². The van der Waals surface area contributed by atoms with Crippen molar-refractivity contribution in [2.24, 2.45) is 5.92 Å². The summed E-state index contributed by atoms with van der Waals surface area (Å²) in [6.07, 6.45) is 6.67. The first-order valence-electron chi connectivity index (χ1n) is 10.9.